The smallest absolute Gasteiger partial charge is 0.242 e. The number of nitrogens with one attached hydrogen (secondary N) is 2. The molecule has 17 heavy (non-hydrogen) atoms. The topological polar surface area (TPSA) is 78.4 Å². The molecule has 0 radical (unpaired) electrons. The minimum atomic E-state index is -3.53. The van der Waals surface area contributed by atoms with Crippen molar-refractivity contribution in [2.45, 2.75) is 30.9 Å². The second-order valence-corrected chi connectivity index (χ2v) is 7.37. The molecule has 96 valence electrons. The average Bonchev–Trinajstić information content (AvgIpc) is 2.74. The second-order valence-electron chi connectivity index (χ2n) is 4.23. The van der Waals surface area contributed by atoms with Crippen LogP contribution in [0.1, 0.15) is 9.75 Å². The molecule has 2 heterocycles. The monoisotopic (exact) mass is 276 g/mol. The number of sulfonamides is 1. The largest absolute Gasteiger partial charge is 0.390 e. The first-order valence-electron chi connectivity index (χ1n) is 5.38. The molecule has 1 fully saturated rings. The molecule has 0 aliphatic carbocycles. The molecule has 5 nitrogen and oxygen atoms in total. The predicted octanol–water partition coefficient (Wildman–Crippen LogP) is -0.0241. The summed E-state index contributed by atoms with van der Waals surface area (Å²) in [6.07, 6.45) is -0.662. The summed E-state index contributed by atoms with van der Waals surface area (Å²) in [5, 5.41) is 12.5. The Balaban J connectivity index is 2.22. The van der Waals surface area contributed by atoms with Crippen LogP contribution in [0.3, 0.4) is 0 Å². The Morgan fingerprint density at radius 3 is 2.65 bits per heavy atom. The van der Waals surface area contributed by atoms with Gasteiger partial charge < -0.3 is 10.4 Å². The van der Waals surface area contributed by atoms with E-state index in [0.29, 0.717) is 18.0 Å². The van der Waals surface area contributed by atoms with Crippen molar-refractivity contribution in [3.05, 3.63) is 15.8 Å². The number of thiophene rings is 1. The zero-order chi connectivity index (χ0) is 12.6. The number of hydrogen-bond donors (Lipinski definition) is 3. The molecule has 0 aromatic carbocycles. The lowest BCUT2D eigenvalue weighted by Crippen LogP contribution is -2.42. The van der Waals surface area contributed by atoms with E-state index in [1.54, 1.807) is 13.0 Å². The van der Waals surface area contributed by atoms with Gasteiger partial charge in [-0.15, -0.1) is 11.3 Å². The highest BCUT2D eigenvalue weighted by Crippen LogP contribution is 2.25. The lowest BCUT2D eigenvalue weighted by atomic mass is 10.2. The van der Waals surface area contributed by atoms with Crippen molar-refractivity contribution in [3.63, 3.8) is 0 Å². The van der Waals surface area contributed by atoms with Gasteiger partial charge in [-0.2, -0.15) is 0 Å². The molecule has 1 aliphatic rings. The van der Waals surface area contributed by atoms with E-state index in [0.717, 1.165) is 9.75 Å². The van der Waals surface area contributed by atoms with E-state index < -0.39 is 22.2 Å². The third-order valence-electron chi connectivity index (χ3n) is 2.77. The molecular weight excluding hydrogens is 260 g/mol. The highest BCUT2D eigenvalue weighted by Gasteiger charge is 2.30. The molecule has 1 aliphatic heterocycles. The van der Waals surface area contributed by atoms with Gasteiger partial charge in [0.2, 0.25) is 10.0 Å². The van der Waals surface area contributed by atoms with Crippen LogP contribution in [-0.2, 0) is 10.0 Å². The van der Waals surface area contributed by atoms with Crippen LogP contribution in [0.15, 0.2) is 11.0 Å². The lowest BCUT2D eigenvalue weighted by Gasteiger charge is -2.15. The molecule has 2 rings (SSSR count). The van der Waals surface area contributed by atoms with E-state index in [1.807, 2.05) is 6.92 Å². The van der Waals surface area contributed by atoms with E-state index in [-0.39, 0.29) is 0 Å². The Bertz CT molecular complexity index is 510. The first kappa shape index (κ1) is 13.0. The van der Waals surface area contributed by atoms with Crippen molar-refractivity contribution < 1.29 is 13.5 Å². The maximum Gasteiger partial charge on any atom is 0.242 e. The third kappa shape index (κ3) is 2.69. The molecule has 7 heteroatoms. The summed E-state index contributed by atoms with van der Waals surface area (Å²) in [5.74, 6) is 0. The summed E-state index contributed by atoms with van der Waals surface area (Å²) in [6, 6.07) is 1.22. The van der Waals surface area contributed by atoms with Gasteiger partial charge in [0.05, 0.1) is 17.0 Å². The Hall–Kier alpha value is -0.470. The van der Waals surface area contributed by atoms with Crippen LogP contribution in [0, 0.1) is 13.8 Å². The molecular formula is C10H16N2O3S2. The van der Waals surface area contributed by atoms with Crippen molar-refractivity contribution >= 4 is 21.4 Å². The molecule has 3 N–H and O–H groups in total. The van der Waals surface area contributed by atoms with Crippen molar-refractivity contribution in [2.24, 2.45) is 0 Å². The number of aryl methyl sites for hydroxylation is 2. The molecule has 0 bridgehead atoms. The Morgan fingerprint density at radius 2 is 2.18 bits per heavy atom. The molecule has 0 unspecified atom stereocenters. The molecule has 1 saturated heterocycles. The fourth-order valence-electron chi connectivity index (χ4n) is 1.92. The summed E-state index contributed by atoms with van der Waals surface area (Å²) in [7, 11) is -3.53. The number of hydrogen-bond acceptors (Lipinski definition) is 5. The Morgan fingerprint density at radius 1 is 1.47 bits per heavy atom. The highest BCUT2D eigenvalue weighted by molar-refractivity contribution is 7.89. The summed E-state index contributed by atoms with van der Waals surface area (Å²) in [4.78, 5) is 2.06. The van der Waals surface area contributed by atoms with Gasteiger partial charge in [-0.05, 0) is 19.9 Å². The molecule has 2 atom stereocenters. The van der Waals surface area contributed by atoms with E-state index in [9.17, 15) is 13.5 Å². The molecule has 1 aromatic heterocycles. The van der Waals surface area contributed by atoms with Crippen LogP contribution < -0.4 is 10.0 Å². The highest BCUT2D eigenvalue weighted by atomic mass is 32.2. The van der Waals surface area contributed by atoms with Gasteiger partial charge in [0.25, 0.3) is 0 Å². The van der Waals surface area contributed by atoms with E-state index in [4.69, 9.17) is 0 Å². The Labute approximate surface area is 105 Å². The van der Waals surface area contributed by atoms with Crippen LogP contribution in [0.5, 0.6) is 0 Å². The first-order valence-corrected chi connectivity index (χ1v) is 7.68. The lowest BCUT2D eigenvalue weighted by molar-refractivity contribution is 0.173. The summed E-state index contributed by atoms with van der Waals surface area (Å²) >= 11 is 1.46. The molecule has 1 aromatic rings. The fourth-order valence-corrected chi connectivity index (χ4v) is 4.75. The van der Waals surface area contributed by atoms with Gasteiger partial charge in [-0.1, -0.05) is 0 Å². The number of aliphatic hydroxyl groups is 1. The number of β-amino-alcohol motifs (C(OH)–C–C–N with tert-alkyl or cyclic N) is 1. The maximum atomic E-state index is 12.1. The normalized spacial score (nSPS) is 25.4. The minimum absolute atomic E-state index is 0.319. The van der Waals surface area contributed by atoms with Crippen LogP contribution in [0.25, 0.3) is 0 Å². The van der Waals surface area contributed by atoms with E-state index >= 15 is 0 Å². The third-order valence-corrected chi connectivity index (χ3v) is 5.48. The van der Waals surface area contributed by atoms with Crippen molar-refractivity contribution in [1.29, 1.82) is 0 Å². The molecule has 0 spiro atoms. The number of rotatable bonds is 3. The summed E-state index contributed by atoms with van der Waals surface area (Å²) in [5.41, 5.74) is 0. The van der Waals surface area contributed by atoms with Crippen LogP contribution in [0.2, 0.25) is 0 Å². The van der Waals surface area contributed by atoms with Crippen LogP contribution >= 0.6 is 11.3 Å². The van der Waals surface area contributed by atoms with Crippen LogP contribution in [0.4, 0.5) is 0 Å². The predicted molar refractivity (Wildman–Crippen MR) is 66.8 cm³/mol. The zero-order valence-electron chi connectivity index (χ0n) is 9.73. The average molecular weight is 276 g/mol. The first-order chi connectivity index (χ1) is 7.90. The van der Waals surface area contributed by atoms with Crippen molar-refractivity contribution in [3.8, 4) is 0 Å². The van der Waals surface area contributed by atoms with Gasteiger partial charge in [0.15, 0.2) is 0 Å². The van der Waals surface area contributed by atoms with E-state index in [2.05, 4.69) is 10.0 Å². The quantitative estimate of drug-likeness (QED) is 0.725. The van der Waals surface area contributed by atoms with Gasteiger partial charge in [-0.25, -0.2) is 13.1 Å². The number of aliphatic hydroxyl groups excluding tert-OH is 1. The fraction of sp³-hybridized carbons (Fsp3) is 0.600. The van der Waals surface area contributed by atoms with Gasteiger partial charge in [-0.3, -0.25) is 0 Å². The minimum Gasteiger partial charge on any atom is -0.390 e. The molecule has 0 amide bonds. The van der Waals surface area contributed by atoms with Gasteiger partial charge in [0.1, 0.15) is 0 Å². The summed E-state index contributed by atoms with van der Waals surface area (Å²) in [6.45, 7) is 4.55. The van der Waals surface area contributed by atoms with Gasteiger partial charge >= 0.3 is 0 Å². The maximum absolute atomic E-state index is 12.1. The van der Waals surface area contributed by atoms with Crippen molar-refractivity contribution in [1.82, 2.24) is 10.0 Å². The Kier molecular flexibility index (Phi) is 3.55. The van der Waals surface area contributed by atoms with Crippen LogP contribution in [-0.4, -0.2) is 38.8 Å². The summed E-state index contributed by atoms with van der Waals surface area (Å²) < 4.78 is 26.8. The second kappa shape index (κ2) is 4.66. The SMILES string of the molecule is Cc1cc(S(=O)(=O)N[C@@H]2CNC[C@H]2O)c(C)s1. The standard InChI is InChI=1S/C10H16N2O3S2/c1-6-3-10(7(2)16-6)17(14,15)12-8-4-11-5-9(8)13/h3,8-9,11-13H,4-5H2,1-2H3/t8-,9-/m1/s1. The van der Waals surface area contributed by atoms with Crippen molar-refractivity contribution in [2.75, 3.05) is 13.1 Å². The molecule has 0 saturated carbocycles. The van der Waals surface area contributed by atoms with Gasteiger partial charge in [0, 0.05) is 22.8 Å². The van der Waals surface area contributed by atoms with E-state index in [1.165, 1.54) is 11.3 Å². The zero-order valence-corrected chi connectivity index (χ0v) is 11.4.